The average molecular weight is 315 g/mol. The second-order valence-corrected chi connectivity index (χ2v) is 6.69. The minimum absolute atomic E-state index is 0.415. The van der Waals surface area contributed by atoms with Gasteiger partial charge in [0.05, 0.1) is 23.9 Å². The van der Waals surface area contributed by atoms with Gasteiger partial charge in [0.25, 0.3) is 0 Å². The van der Waals surface area contributed by atoms with Crippen LogP contribution in [0.25, 0.3) is 0 Å². The van der Waals surface area contributed by atoms with E-state index in [0.29, 0.717) is 12.5 Å². The van der Waals surface area contributed by atoms with Gasteiger partial charge in [-0.25, -0.2) is 0 Å². The lowest BCUT2D eigenvalue weighted by molar-refractivity contribution is -0.142. The molecular weight excluding hydrogens is 290 g/mol. The third kappa shape index (κ3) is 3.55. The second kappa shape index (κ2) is 6.44. The average Bonchev–Trinajstić information content (AvgIpc) is 2.86. The number of aryl methyl sites for hydroxylation is 1. The Balaban J connectivity index is 2.20. The zero-order chi connectivity index (χ0) is 17.2. The van der Waals surface area contributed by atoms with Gasteiger partial charge in [0.2, 0.25) is 0 Å². The number of carboxylic acid groups (broad SMARTS) is 1. The van der Waals surface area contributed by atoms with Gasteiger partial charge in [-0.2, -0.15) is 5.10 Å². The predicted octanol–water partition coefficient (Wildman–Crippen LogP) is 3.52. The molecule has 2 aromatic rings. The fraction of sp³-hybridized carbons (Fsp3) is 0.444. The van der Waals surface area contributed by atoms with Gasteiger partial charge in [-0.1, -0.05) is 26.0 Å². The molecule has 5 nitrogen and oxygen atoms in total. The predicted molar refractivity (Wildman–Crippen MR) is 91.7 cm³/mol. The number of rotatable bonds is 6. The highest BCUT2D eigenvalue weighted by molar-refractivity contribution is 5.80. The summed E-state index contributed by atoms with van der Waals surface area (Å²) in [6, 6.07) is 7.59. The number of aromatic nitrogens is 2. The topological polar surface area (TPSA) is 67.2 Å². The van der Waals surface area contributed by atoms with Crippen LogP contribution in [0.2, 0.25) is 0 Å². The minimum Gasteiger partial charge on any atom is -0.481 e. The maximum absolute atomic E-state index is 11.4. The van der Waals surface area contributed by atoms with Crippen molar-refractivity contribution < 1.29 is 9.90 Å². The van der Waals surface area contributed by atoms with Gasteiger partial charge in [0, 0.05) is 12.7 Å². The lowest BCUT2D eigenvalue weighted by atomic mass is 9.84. The van der Waals surface area contributed by atoms with Crippen molar-refractivity contribution in [3.05, 3.63) is 47.3 Å². The SMILES string of the molecule is CC(C)c1cnn(C)c1CNc1cccc(C(C)(C)C(=O)O)c1. The highest BCUT2D eigenvalue weighted by Gasteiger charge is 2.29. The van der Waals surface area contributed by atoms with Gasteiger partial charge in [-0.05, 0) is 43.0 Å². The van der Waals surface area contributed by atoms with E-state index in [0.717, 1.165) is 16.9 Å². The maximum atomic E-state index is 11.4. The van der Waals surface area contributed by atoms with E-state index in [1.807, 2.05) is 42.2 Å². The maximum Gasteiger partial charge on any atom is 0.313 e. The van der Waals surface area contributed by atoms with E-state index in [4.69, 9.17) is 0 Å². The number of anilines is 1. The molecule has 124 valence electrons. The Kier molecular flexibility index (Phi) is 4.78. The van der Waals surface area contributed by atoms with Crippen LogP contribution in [0.3, 0.4) is 0 Å². The summed E-state index contributed by atoms with van der Waals surface area (Å²) in [5.41, 5.74) is 3.15. The van der Waals surface area contributed by atoms with Crippen molar-refractivity contribution in [2.45, 2.75) is 45.6 Å². The van der Waals surface area contributed by atoms with Crippen LogP contribution in [0.5, 0.6) is 0 Å². The lowest BCUT2D eigenvalue weighted by Crippen LogP contribution is -2.28. The summed E-state index contributed by atoms with van der Waals surface area (Å²) in [6.07, 6.45) is 1.91. The largest absolute Gasteiger partial charge is 0.481 e. The van der Waals surface area contributed by atoms with Crippen LogP contribution in [0.15, 0.2) is 30.5 Å². The van der Waals surface area contributed by atoms with Crippen LogP contribution in [-0.2, 0) is 23.8 Å². The first-order valence-corrected chi connectivity index (χ1v) is 7.82. The molecular formula is C18H25N3O2. The number of carbonyl (C=O) groups is 1. The van der Waals surface area contributed by atoms with Crippen LogP contribution < -0.4 is 5.32 Å². The first kappa shape index (κ1) is 17.1. The summed E-state index contributed by atoms with van der Waals surface area (Å²) >= 11 is 0. The number of aliphatic carboxylic acids is 1. The number of hydrogen-bond donors (Lipinski definition) is 2. The first-order chi connectivity index (χ1) is 10.7. The summed E-state index contributed by atoms with van der Waals surface area (Å²) in [6.45, 7) is 8.38. The van der Waals surface area contributed by atoms with Gasteiger partial charge < -0.3 is 10.4 Å². The van der Waals surface area contributed by atoms with Gasteiger partial charge in [-0.3, -0.25) is 9.48 Å². The quantitative estimate of drug-likeness (QED) is 0.856. The van der Waals surface area contributed by atoms with Crippen molar-refractivity contribution in [2.24, 2.45) is 7.05 Å². The van der Waals surface area contributed by atoms with Gasteiger partial charge in [0.1, 0.15) is 0 Å². The van der Waals surface area contributed by atoms with Gasteiger partial charge in [-0.15, -0.1) is 0 Å². The number of benzene rings is 1. The van der Waals surface area contributed by atoms with Crippen LogP contribution in [0.4, 0.5) is 5.69 Å². The molecule has 2 rings (SSSR count). The molecule has 1 heterocycles. The fourth-order valence-corrected chi connectivity index (χ4v) is 2.51. The van der Waals surface area contributed by atoms with Crippen molar-refractivity contribution in [2.75, 3.05) is 5.32 Å². The molecule has 5 heteroatoms. The van der Waals surface area contributed by atoms with E-state index in [1.54, 1.807) is 13.8 Å². The van der Waals surface area contributed by atoms with E-state index >= 15 is 0 Å². The number of nitrogens with zero attached hydrogens (tertiary/aromatic N) is 2. The highest BCUT2D eigenvalue weighted by Crippen LogP contribution is 2.26. The molecule has 0 radical (unpaired) electrons. The molecule has 0 aliphatic carbocycles. The number of nitrogens with one attached hydrogen (secondary N) is 1. The van der Waals surface area contributed by atoms with Crippen LogP contribution >= 0.6 is 0 Å². The molecule has 0 atom stereocenters. The molecule has 23 heavy (non-hydrogen) atoms. The monoisotopic (exact) mass is 315 g/mol. The Bertz CT molecular complexity index is 702. The zero-order valence-electron chi connectivity index (χ0n) is 14.4. The second-order valence-electron chi connectivity index (χ2n) is 6.69. The molecule has 0 unspecified atom stereocenters. The molecule has 0 amide bonds. The summed E-state index contributed by atoms with van der Waals surface area (Å²) in [5.74, 6) is -0.416. The van der Waals surface area contributed by atoms with E-state index in [9.17, 15) is 9.90 Å². The van der Waals surface area contributed by atoms with Crippen molar-refractivity contribution >= 4 is 11.7 Å². The van der Waals surface area contributed by atoms with Crippen molar-refractivity contribution in [1.82, 2.24) is 9.78 Å². The minimum atomic E-state index is -0.909. The van der Waals surface area contributed by atoms with Gasteiger partial charge >= 0.3 is 5.97 Å². The van der Waals surface area contributed by atoms with Crippen LogP contribution in [-0.4, -0.2) is 20.9 Å². The lowest BCUT2D eigenvalue weighted by Gasteiger charge is -2.20. The van der Waals surface area contributed by atoms with Crippen molar-refractivity contribution in [1.29, 1.82) is 0 Å². The summed E-state index contributed by atoms with van der Waals surface area (Å²) in [4.78, 5) is 11.4. The van der Waals surface area contributed by atoms with E-state index in [1.165, 1.54) is 5.56 Å². The summed E-state index contributed by atoms with van der Waals surface area (Å²) in [5, 5.41) is 17.1. The Hall–Kier alpha value is -2.30. The number of hydrogen-bond acceptors (Lipinski definition) is 3. The Morgan fingerprint density at radius 1 is 1.39 bits per heavy atom. The van der Waals surface area contributed by atoms with E-state index in [2.05, 4.69) is 24.3 Å². The standard InChI is InChI=1S/C18H25N3O2/c1-12(2)15-10-20-21(5)16(15)11-19-14-8-6-7-13(9-14)18(3,4)17(22)23/h6-10,12,19H,11H2,1-5H3,(H,22,23). The Morgan fingerprint density at radius 2 is 2.09 bits per heavy atom. The molecule has 2 N–H and O–H groups in total. The zero-order valence-corrected chi connectivity index (χ0v) is 14.4. The molecule has 1 aromatic heterocycles. The Morgan fingerprint density at radius 3 is 2.70 bits per heavy atom. The molecule has 1 aromatic carbocycles. The summed E-state index contributed by atoms with van der Waals surface area (Å²) < 4.78 is 1.88. The normalized spacial score (nSPS) is 11.7. The molecule has 0 bridgehead atoms. The van der Waals surface area contributed by atoms with Gasteiger partial charge in [0.15, 0.2) is 0 Å². The molecule has 0 aliphatic heterocycles. The molecule has 0 saturated carbocycles. The van der Waals surface area contributed by atoms with E-state index in [-0.39, 0.29) is 0 Å². The molecule has 0 aliphatic rings. The molecule has 0 fully saturated rings. The fourth-order valence-electron chi connectivity index (χ4n) is 2.51. The number of carboxylic acids is 1. The molecule has 0 spiro atoms. The third-order valence-electron chi connectivity index (χ3n) is 4.29. The Labute approximate surface area is 137 Å². The van der Waals surface area contributed by atoms with Crippen LogP contribution in [0.1, 0.15) is 50.4 Å². The molecule has 0 saturated heterocycles. The van der Waals surface area contributed by atoms with Crippen LogP contribution in [0, 0.1) is 0 Å². The van der Waals surface area contributed by atoms with E-state index < -0.39 is 11.4 Å². The smallest absolute Gasteiger partial charge is 0.313 e. The highest BCUT2D eigenvalue weighted by atomic mass is 16.4. The first-order valence-electron chi connectivity index (χ1n) is 7.82. The third-order valence-corrected chi connectivity index (χ3v) is 4.29. The summed E-state index contributed by atoms with van der Waals surface area (Å²) in [7, 11) is 1.94. The van der Waals surface area contributed by atoms with Crippen molar-refractivity contribution in [3.8, 4) is 0 Å². The van der Waals surface area contributed by atoms with Crippen molar-refractivity contribution in [3.63, 3.8) is 0 Å².